The molecule has 2 saturated heterocycles. The molecule has 2 bridgehead atoms. The molecule has 2 heterocycles. The Morgan fingerprint density at radius 1 is 1.13 bits per heavy atom. The zero-order chi connectivity index (χ0) is 10.4. The first-order valence-electron chi connectivity index (χ1n) is 6.22. The molecule has 1 N–H and O–H groups in total. The Labute approximate surface area is 90.5 Å². The Morgan fingerprint density at radius 2 is 1.73 bits per heavy atom. The van der Waals surface area contributed by atoms with Crippen LogP contribution in [0.1, 0.15) is 38.5 Å². The Kier molecular flexibility index (Phi) is 2.23. The highest BCUT2D eigenvalue weighted by Crippen LogP contribution is 2.41. The van der Waals surface area contributed by atoms with Gasteiger partial charge in [0.05, 0.1) is 5.92 Å². The van der Waals surface area contributed by atoms with E-state index in [1.807, 2.05) is 0 Å². The maximum Gasteiger partial charge on any atom is 0.306 e. The monoisotopic (exact) mass is 209 g/mol. The Hall–Kier alpha value is -0.570. The average Bonchev–Trinajstić information content (AvgIpc) is 2.94. The van der Waals surface area contributed by atoms with Gasteiger partial charge in [0, 0.05) is 18.6 Å². The van der Waals surface area contributed by atoms with Crippen LogP contribution in [-0.4, -0.2) is 34.6 Å². The molecule has 2 unspecified atom stereocenters. The van der Waals surface area contributed by atoms with Crippen LogP contribution in [0, 0.1) is 11.8 Å². The SMILES string of the molecule is O=C(O)C1CC2CCC(C1)N2CC1CC1. The van der Waals surface area contributed by atoms with Crippen molar-refractivity contribution in [1.82, 2.24) is 4.90 Å². The fourth-order valence-corrected chi connectivity index (χ4v) is 3.37. The van der Waals surface area contributed by atoms with E-state index in [-0.39, 0.29) is 5.92 Å². The zero-order valence-electron chi connectivity index (χ0n) is 9.06. The number of carboxylic acids is 1. The third-order valence-corrected chi connectivity index (χ3v) is 4.40. The first-order valence-corrected chi connectivity index (χ1v) is 6.22. The van der Waals surface area contributed by atoms with E-state index in [1.165, 1.54) is 32.2 Å². The van der Waals surface area contributed by atoms with Crippen molar-refractivity contribution in [2.45, 2.75) is 50.6 Å². The molecule has 0 aromatic carbocycles. The molecule has 3 nitrogen and oxygen atoms in total. The van der Waals surface area contributed by atoms with E-state index in [0.717, 1.165) is 18.8 Å². The number of hydrogen-bond acceptors (Lipinski definition) is 2. The lowest BCUT2D eigenvalue weighted by Crippen LogP contribution is -2.45. The van der Waals surface area contributed by atoms with Gasteiger partial charge in [0.25, 0.3) is 0 Å². The van der Waals surface area contributed by atoms with Crippen LogP contribution < -0.4 is 0 Å². The van der Waals surface area contributed by atoms with E-state index in [1.54, 1.807) is 0 Å². The third-order valence-electron chi connectivity index (χ3n) is 4.40. The number of fused-ring (bicyclic) bond motifs is 2. The smallest absolute Gasteiger partial charge is 0.306 e. The van der Waals surface area contributed by atoms with Crippen LogP contribution in [0.4, 0.5) is 0 Å². The zero-order valence-corrected chi connectivity index (χ0v) is 9.06. The fraction of sp³-hybridized carbons (Fsp3) is 0.917. The van der Waals surface area contributed by atoms with Crippen LogP contribution in [-0.2, 0) is 4.79 Å². The van der Waals surface area contributed by atoms with Gasteiger partial charge in [-0.15, -0.1) is 0 Å². The molecule has 0 radical (unpaired) electrons. The summed E-state index contributed by atoms with van der Waals surface area (Å²) in [6.07, 6.45) is 7.08. The van der Waals surface area contributed by atoms with E-state index in [9.17, 15) is 4.79 Å². The number of carboxylic acid groups (broad SMARTS) is 1. The lowest BCUT2D eigenvalue weighted by atomic mass is 9.90. The predicted molar refractivity (Wildman–Crippen MR) is 56.6 cm³/mol. The summed E-state index contributed by atoms with van der Waals surface area (Å²) in [6.45, 7) is 1.25. The van der Waals surface area contributed by atoms with E-state index < -0.39 is 5.97 Å². The van der Waals surface area contributed by atoms with Gasteiger partial charge < -0.3 is 5.11 Å². The molecule has 0 amide bonds. The van der Waals surface area contributed by atoms with Crippen LogP contribution in [0.15, 0.2) is 0 Å². The average molecular weight is 209 g/mol. The molecule has 3 fully saturated rings. The summed E-state index contributed by atoms with van der Waals surface area (Å²) < 4.78 is 0. The summed E-state index contributed by atoms with van der Waals surface area (Å²) in [6, 6.07) is 1.18. The van der Waals surface area contributed by atoms with Gasteiger partial charge in [0.15, 0.2) is 0 Å². The Balaban J connectivity index is 1.66. The predicted octanol–water partition coefficient (Wildman–Crippen LogP) is 1.72. The molecule has 1 aliphatic carbocycles. The minimum Gasteiger partial charge on any atom is -0.481 e. The molecule has 0 aromatic rings. The molecule has 0 spiro atoms. The number of aliphatic carboxylic acids is 1. The lowest BCUT2D eigenvalue weighted by molar-refractivity contribution is -0.144. The summed E-state index contributed by atoms with van der Waals surface area (Å²) in [4.78, 5) is 13.6. The van der Waals surface area contributed by atoms with Gasteiger partial charge in [-0.3, -0.25) is 9.69 Å². The summed E-state index contributed by atoms with van der Waals surface area (Å²) in [5, 5.41) is 9.06. The first-order chi connectivity index (χ1) is 7.24. The summed E-state index contributed by atoms with van der Waals surface area (Å²) >= 11 is 0. The van der Waals surface area contributed by atoms with Crippen LogP contribution in [0.3, 0.4) is 0 Å². The molecule has 84 valence electrons. The molecule has 3 rings (SSSR count). The maximum atomic E-state index is 11.0. The molecule has 3 aliphatic rings. The topological polar surface area (TPSA) is 40.5 Å². The van der Waals surface area contributed by atoms with Crippen LogP contribution in [0.2, 0.25) is 0 Å². The van der Waals surface area contributed by atoms with Crippen molar-refractivity contribution in [2.24, 2.45) is 11.8 Å². The van der Waals surface area contributed by atoms with Crippen molar-refractivity contribution in [3.8, 4) is 0 Å². The molecular formula is C12H19NO2. The van der Waals surface area contributed by atoms with Gasteiger partial charge in [-0.05, 0) is 44.4 Å². The highest BCUT2D eigenvalue weighted by molar-refractivity contribution is 5.70. The van der Waals surface area contributed by atoms with Crippen LogP contribution >= 0.6 is 0 Å². The van der Waals surface area contributed by atoms with Gasteiger partial charge in [-0.25, -0.2) is 0 Å². The van der Waals surface area contributed by atoms with Crippen molar-refractivity contribution >= 4 is 5.97 Å². The van der Waals surface area contributed by atoms with Crippen LogP contribution in [0.5, 0.6) is 0 Å². The first kappa shape index (κ1) is 9.64. The summed E-state index contributed by atoms with van der Waals surface area (Å²) in [7, 11) is 0. The number of nitrogens with zero attached hydrogens (tertiary/aromatic N) is 1. The fourth-order valence-electron chi connectivity index (χ4n) is 3.37. The number of rotatable bonds is 3. The van der Waals surface area contributed by atoms with Crippen molar-refractivity contribution in [3.63, 3.8) is 0 Å². The molecular weight excluding hydrogens is 190 g/mol. The van der Waals surface area contributed by atoms with E-state index in [2.05, 4.69) is 4.90 Å². The molecule has 2 atom stereocenters. The summed E-state index contributed by atoms with van der Waals surface area (Å²) in [5.41, 5.74) is 0. The van der Waals surface area contributed by atoms with E-state index in [0.29, 0.717) is 12.1 Å². The molecule has 15 heavy (non-hydrogen) atoms. The second-order valence-corrected chi connectivity index (χ2v) is 5.53. The lowest BCUT2D eigenvalue weighted by Gasteiger charge is -2.37. The second-order valence-electron chi connectivity index (χ2n) is 5.53. The quantitative estimate of drug-likeness (QED) is 0.769. The number of piperidine rings is 1. The van der Waals surface area contributed by atoms with Gasteiger partial charge >= 0.3 is 5.97 Å². The normalized spacial score (nSPS) is 40.7. The third kappa shape index (κ3) is 1.78. The highest BCUT2D eigenvalue weighted by atomic mass is 16.4. The molecule has 2 aliphatic heterocycles. The Morgan fingerprint density at radius 3 is 2.20 bits per heavy atom. The van der Waals surface area contributed by atoms with Gasteiger partial charge in [0.1, 0.15) is 0 Å². The van der Waals surface area contributed by atoms with Gasteiger partial charge in [-0.2, -0.15) is 0 Å². The molecule has 3 heteroatoms. The molecule has 1 saturated carbocycles. The van der Waals surface area contributed by atoms with Gasteiger partial charge in [-0.1, -0.05) is 0 Å². The minimum atomic E-state index is -0.571. The van der Waals surface area contributed by atoms with Crippen molar-refractivity contribution < 1.29 is 9.90 Å². The van der Waals surface area contributed by atoms with Crippen LogP contribution in [0.25, 0.3) is 0 Å². The standard InChI is InChI=1S/C12H19NO2/c14-12(15)9-5-10-3-4-11(6-9)13(10)7-8-1-2-8/h8-11H,1-7H2,(H,14,15). The maximum absolute atomic E-state index is 11.0. The van der Waals surface area contributed by atoms with Crippen molar-refractivity contribution in [2.75, 3.05) is 6.54 Å². The minimum absolute atomic E-state index is 0.0575. The number of carbonyl (C=O) groups is 1. The Bertz CT molecular complexity index is 261. The number of hydrogen-bond donors (Lipinski definition) is 1. The van der Waals surface area contributed by atoms with Crippen molar-refractivity contribution in [3.05, 3.63) is 0 Å². The molecule has 0 aromatic heterocycles. The van der Waals surface area contributed by atoms with E-state index in [4.69, 9.17) is 5.11 Å². The van der Waals surface area contributed by atoms with E-state index >= 15 is 0 Å². The largest absolute Gasteiger partial charge is 0.481 e. The van der Waals surface area contributed by atoms with Crippen molar-refractivity contribution in [1.29, 1.82) is 0 Å². The summed E-state index contributed by atoms with van der Waals surface area (Å²) in [5.74, 6) is 0.311. The second kappa shape index (κ2) is 3.48. The van der Waals surface area contributed by atoms with Gasteiger partial charge in [0.2, 0.25) is 0 Å². The highest BCUT2D eigenvalue weighted by Gasteiger charge is 2.44.